The summed E-state index contributed by atoms with van der Waals surface area (Å²) in [7, 11) is -3.64. The van der Waals surface area contributed by atoms with E-state index in [9.17, 15) is 13.2 Å². The minimum absolute atomic E-state index is 0.197. The van der Waals surface area contributed by atoms with Gasteiger partial charge >= 0.3 is 0 Å². The highest BCUT2D eigenvalue weighted by Crippen LogP contribution is 2.32. The summed E-state index contributed by atoms with van der Waals surface area (Å²) < 4.78 is 28.2. The summed E-state index contributed by atoms with van der Waals surface area (Å²) in [4.78, 5) is 12.6. The molecule has 28 heavy (non-hydrogen) atoms. The van der Waals surface area contributed by atoms with Gasteiger partial charge in [-0.05, 0) is 70.4 Å². The summed E-state index contributed by atoms with van der Waals surface area (Å²) in [6.45, 7) is 0.433. The second kappa shape index (κ2) is 7.41. The van der Waals surface area contributed by atoms with Gasteiger partial charge < -0.3 is 5.32 Å². The van der Waals surface area contributed by atoms with Crippen LogP contribution in [0.2, 0.25) is 0 Å². The number of nitrogens with zero attached hydrogens (tertiary/aromatic N) is 1. The quantitative estimate of drug-likeness (QED) is 0.630. The maximum Gasteiger partial charge on any atom is 0.264 e. The van der Waals surface area contributed by atoms with E-state index in [0.717, 1.165) is 11.3 Å². The number of para-hydroxylation sites is 1. The topological polar surface area (TPSA) is 66.5 Å². The molecule has 0 spiro atoms. The summed E-state index contributed by atoms with van der Waals surface area (Å²) in [5, 5.41) is 2.79. The third kappa shape index (κ3) is 3.43. The number of benzene rings is 3. The van der Waals surface area contributed by atoms with E-state index >= 15 is 0 Å². The molecule has 5 nitrogen and oxygen atoms in total. The van der Waals surface area contributed by atoms with Crippen molar-refractivity contribution in [2.24, 2.45) is 0 Å². The molecule has 0 unspecified atom stereocenters. The van der Waals surface area contributed by atoms with Crippen LogP contribution in [0.4, 0.5) is 11.4 Å². The van der Waals surface area contributed by atoms with Crippen LogP contribution in [0.1, 0.15) is 15.9 Å². The normalized spacial score (nSPS) is 13.2. The molecule has 0 saturated heterocycles. The van der Waals surface area contributed by atoms with Crippen LogP contribution in [0.5, 0.6) is 0 Å². The van der Waals surface area contributed by atoms with Crippen molar-refractivity contribution in [1.82, 2.24) is 0 Å². The minimum Gasteiger partial charge on any atom is -0.322 e. The van der Waals surface area contributed by atoms with Crippen molar-refractivity contribution in [3.05, 3.63) is 88.4 Å². The lowest BCUT2D eigenvalue weighted by molar-refractivity contribution is 0.102. The smallest absolute Gasteiger partial charge is 0.264 e. The second-order valence-electron chi connectivity index (χ2n) is 6.41. The number of nitrogens with one attached hydrogen (secondary N) is 1. The number of hydrogen-bond acceptors (Lipinski definition) is 3. The van der Waals surface area contributed by atoms with E-state index in [2.05, 4.69) is 21.2 Å². The Morgan fingerprint density at radius 3 is 2.36 bits per heavy atom. The number of anilines is 2. The number of carbonyl (C=O) groups excluding carboxylic acids is 1. The molecule has 1 N–H and O–H groups in total. The first-order valence-corrected chi connectivity index (χ1v) is 11.0. The molecule has 3 aromatic rings. The van der Waals surface area contributed by atoms with Crippen LogP contribution in [0.25, 0.3) is 0 Å². The second-order valence-corrected chi connectivity index (χ2v) is 9.13. The first kappa shape index (κ1) is 18.7. The first-order chi connectivity index (χ1) is 13.5. The van der Waals surface area contributed by atoms with E-state index in [-0.39, 0.29) is 10.8 Å². The van der Waals surface area contributed by atoms with Crippen LogP contribution >= 0.6 is 15.9 Å². The standard InChI is InChI=1S/C21H17BrN2O3S/c22-19-7-3-2-6-18(19)21(25)23-16-9-11-17(12-10-16)28(26,27)24-14-13-15-5-1-4-8-20(15)24/h1-12H,13-14H2,(H,23,25). The Morgan fingerprint density at radius 1 is 0.929 bits per heavy atom. The van der Waals surface area contributed by atoms with E-state index in [1.807, 2.05) is 30.3 Å². The van der Waals surface area contributed by atoms with Gasteiger partial charge in [0.1, 0.15) is 0 Å². The molecule has 7 heteroatoms. The lowest BCUT2D eigenvalue weighted by atomic mass is 10.2. The summed E-state index contributed by atoms with van der Waals surface area (Å²) in [5.74, 6) is -0.267. The van der Waals surface area contributed by atoms with Crippen molar-refractivity contribution in [1.29, 1.82) is 0 Å². The van der Waals surface area contributed by atoms with E-state index in [0.29, 0.717) is 28.7 Å². The molecule has 0 aromatic heterocycles. The van der Waals surface area contributed by atoms with Gasteiger partial charge in [0.05, 0.1) is 16.1 Å². The summed E-state index contributed by atoms with van der Waals surface area (Å²) in [6.07, 6.45) is 0.704. The van der Waals surface area contributed by atoms with Crippen LogP contribution in [-0.2, 0) is 16.4 Å². The predicted octanol–water partition coefficient (Wildman–Crippen LogP) is 4.45. The Kier molecular flexibility index (Phi) is 4.95. The maximum atomic E-state index is 13.0. The van der Waals surface area contributed by atoms with E-state index in [1.54, 1.807) is 30.3 Å². The molecule has 0 saturated carbocycles. The molecule has 0 fully saturated rings. The van der Waals surface area contributed by atoms with Gasteiger partial charge in [0.15, 0.2) is 0 Å². The van der Waals surface area contributed by atoms with Gasteiger partial charge in [0.2, 0.25) is 0 Å². The number of rotatable bonds is 4. The Balaban J connectivity index is 1.55. The van der Waals surface area contributed by atoms with Gasteiger partial charge in [-0.1, -0.05) is 30.3 Å². The lowest BCUT2D eigenvalue weighted by Crippen LogP contribution is -2.29. The average Bonchev–Trinajstić information content (AvgIpc) is 3.14. The van der Waals surface area contributed by atoms with Crippen molar-refractivity contribution < 1.29 is 13.2 Å². The fourth-order valence-electron chi connectivity index (χ4n) is 3.24. The zero-order valence-electron chi connectivity index (χ0n) is 14.8. The highest BCUT2D eigenvalue weighted by molar-refractivity contribution is 9.10. The Labute approximate surface area is 172 Å². The van der Waals surface area contributed by atoms with E-state index in [4.69, 9.17) is 0 Å². The van der Waals surface area contributed by atoms with Gasteiger partial charge in [0, 0.05) is 16.7 Å². The fourth-order valence-corrected chi connectivity index (χ4v) is 5.21. The Bertz CT molecular complexity index is 1140. The highest BCUT2D eigenvalue weighted by atomic mass is 79.9. The van der Waals surface area contributed by atoms with Crippen molar-refractivity contribution in [2.45, 2.75) is 11.3 Å². The zero-order chi connectivity index (χ0) is 19.7. The van der Waals surface area contributed by atoms with Crippen LogP contribution in [-0.4, -0.2) is 20.9 Å². The number of fused-ring (bicyclic) bond motifs is 1. The van der Waals surface area contributed by atoms with Crippen molar-refractivity contribution in [3.63, 3.8) is 0 Å². The van der Waals surface area contributed by atoms with E-state index < -0.39 is 10.0 Å². The molecule has 0 aliphatic carbocycles. The number of carbonyl (C=O) groups is 1. The molecule has 0 radical (unpaired) electrons. The molecule has 0 bridgehead atoms. The van der Waals surface area contributed by atoms with Gasteiger partial charge in [-0.15, -0.1) is 0 Å². The number of halogens is 1. The molecule has 142 valence electrons. The largest absolute Gasteiger partial charge is 0.322 e. The first-order valence-electron chi connectivity index (χ1n) is 8.73. The van der Waals surface area contributed by atoms with Crippen molar-refractivity contribution in [3.8, 4) is 0 Å². The molecule has 3 aromatic carbocycles. The number of hydrogen-bond donors (Lipinski definition) is 1. The maximum absolute atomic E-state index is 13.0. The van der Waals surface area contributed by atoms with Gasteiger partial charge in [-0.3, -0.25) is 9.10 Å². The van der Waals surface area contributed by atoms with Crippen LogP contribution < -0.4 is 9.62 Å². The monoisotopic (exact) mass is 456 g/mol. The molecular formula is C21H17BrN2O3S. The van der Waals surface area contributed by atoms with Gasteiger partial charge in [-0.25, -0.2) is 8.42 Å². The third-order valence-corrected chi connectivity index (χ3v) is 7.18. The predicted molar refractivity (Wildman–Crippen MR) is 113 cm³/mol. The molecule has 1 heterocycles. The Morgan fingerprint density at radius 2 is 1.61 bits per heavy atom. The zero-order valence-corrected chi connectivity index (χ0v) is 17.2. The summed E-state index contributed by atoms with van der Waals surface area (Å²) in [6, 6.07) is 20.9. The number of amides is 1. The third-order valence-electron chi connectivity index (χ3n) is 4.66. The van der Waals surface area contributed by atoms with Crippen LogP contribution in [0.15, 0.2) is 82.2 Å². The Hall–Kier alpha value is -2.64. The fraction of sp³-hybridized carbons (Fsp3) is 0.0952. The minimum atomic E-state index is -3.64. The molecular weight excluding hydrogens is 440 g/mol. The van der Waals surface area contributed by atoms with Crippen molar-refractivity contribution in [2.75, 3.05) is 16.2 Å². The molecule has 1 aliphatic rings. The lowest BCUT2D eigenvalue weighted by Gasteiger charge is -2.19. The van der Waals surface area contributed by atoms with Crippen LogP contribution in [0, 0.1) is 0 Å². The van der Waals surface area contributed by atoms with E-state index in [1.165, 1.54) is 16.4 Å². The molecule has 0 atom stereocenters. The van der Waals surface area contributed by atoms with Gasteiger partial charge in [0.25, 0.3) is 15.9 Å². The summed E-state index contributed by atoms with van der Waals surface area (Å²) >= 11 is 3.35. The van der Waals surface area contributed by atoms with Crippen molar-refractivity contribution >= 4 is 43.2 Å². The SMILES string of the molecule is O=C(Nc1ccc(S(=O)(=O)N2CCc3ccccc32)cc1)c1ccccc1Br. The molecule has 1 aliphatic heterocycles. The molecule has 1 amide bonds. The van der Waals surface area contributed by atoms with Gasteiger partial charge in [-0.2, -0.15) is 0 Å². The highest BCUT2D eigenvalue weighted by Gasteiger charge is 2.30. The number of sulfonamides is 1. The molecule has 4 rings (SSSR count). The average molecular weight is 457 g/mol. The summed E-state index contributed by atoms with van der Waals surface area (Å²) in [5.41, 5.74) is 2.80. The van der Waals surface area contributed by atoms with Crippen LogP contribution in [0.3, 0.4) is 0 Å².